The van der Waals surface area contributed by atoms with Crippen molar-refractivity contribution >= 4 is 35.1 Å². The summed E-state index contributed by atoms with van der Waals surface area (Å²) in [6, 6.07) is 7.42. The fourth-order valence-electron chi connectivity index (χ4n) is 3.59. The highest BCUT2D eigenvalue weighted by atomic mass is 35.5. The minimum absolute atomic E-state index is 0.0827. The molecule has 0 atom stereocenters. The lowest BCUT2D eigenvalue weighted by atomic mass is 10.0. The van der Waals surface area contributed by atoms with Crippen LogP contribution in [-0.4, -0.2) is 53.7 Å². The lowest BCUT2D eigenvalue weighted by Crippen LogP contribution is -2.47. The fourth-order valence-corrected chi connectivity index (χ4v) is 3.70. The third kappa shape index (κ3) is 6.09. The Hall–Kier alpha value is -2.87. The van der Waals surface area contributed by atoms with Crippen molar-refractivity contribution in [2.45, 2.75) is 45.3 Å². The Morgan fingerprint density at radius 1 is 1.22 bits per heavy atom. The van der Waals surface area contributed by atoms with Crippen molar-refractivity contribution < 1.29 is 18.7 Å². The van der Waals surface area contributed by atoms with Crippen molar-refractivity contribution in [3.63, 3.8) is 0 Å². The van der Waals surface area contributed by atoms with Gasteiger partial charge in [-0.3, -0.25) is 4.79 Å². The molecule has 0 saturated carbocycles. The molecule has 172 valence electrons. The molecule has 1 fully saturated rings. The summed E-state index contributed by atoms with van der Waals surface area (Å²) in [5.74, 6) is -0.647. The maximum Gasteiger partial charge on any atom is 0.410 e. The summed E-state index contributed by atoms with van der Waals surface area (Å²) in [6.07, 6.45) is 2.50. The van der Waals surface area contributed by atoms with E-state index in [-0.39, 0.29) is 17.7 Å². The lowest BCUT2D eigenvalue weighted by molar-refractivity contribution is 0.0205. The number of ether oxygens (including phenoxy) is 1. The van der Waals surface area contributed by atoms with Crippen molar-refractivity contribution in [1.29, 1.82) is 0 Å². The van der Waals surface area contributed by atoms with Gasteiger partial charge in [0.25, 0.3) is 5.91 Å². The number of nitrogens with one attached hydrogen (secondary N) is 1. The molecule has 2 aromatic rings. The summed E-state index contributed by atoms with van der Waals surface area (Å²) in [4.78, 5) is 32.9. The van der Waals surface area contributed by atoms with Crippen molar-refractivity contribution in [3.05, 3.63) is 52.9 Å². The average Bonchev–Trinajstić information content (AvgIpc) is 2.73. The van der Waals surface area contributed by atoms with E-state index in [0.717, 1.165) is 0 Å². The first-order valence-corrected chi connectivity index (χ1v) is 10.8. The van der Waals surface area contributed by atoms with Crippen LogP contribution in [0.4, 0.5) is 20.7 Å². The van der Waals surface area contributed by atoms with Crippen molar-refractivity contribution in [1.82, 2.24) is 9.88 Å². The second-order valence-electron chi connectivity index (χ2n) is 8.79. The van der Waals surface area contributed by atoms with Gasteiger partial charge in [0, 0.05) is 38.1 Å². The van der Waals surface area contributed by atoms with Gasteiger partial charge in [-0.1, -0.05) is 11.6 Å². The molecule has 0 bridgehead atoms. The number of nitrogens with zero attached hydrogens (tertiary/aromatic N) is 3. The van der Waals surface area contributed by atoms with Crippen LogP contribution < -0.4 is 10.2 Å². The number of rotatable bonds is 4. The smallest absolute Gasteiger partial charge is 0.410 e. The average molecular weight is 463 g/mol. The van der Waals surface area contributed by atoms with Gasteiger partial charge in [0.1, 0.15) is 17.2 Å². The normalized spacial score (nSPS) is 14.8. The van der Waals surface area contributed by atoms with Gasteiger partial charge < -0.3 is 19.9 Å². The second kappa shape index (κ2) is 9.73. The molecule has 2 amide bonds. The number of benzene rings is 1. The first-order valence-electron chi connectivity index (χ1n) is 10.5. The molecule has 9 heteroatoms. The molecule has 1 aromatic heterocycles. The van der Waals surface area contributed by atoms with E-state index in [4.69, 9.17) is 16.3 Å². The van der Waals surface area contributed by atoms with Crippen LogP contribution in [0.15, 0.2) is 36.5 Å². The molecule has 2 heterocycles. The number of anilines is 2. The van der Waals surface area contributed by atoms with E-state index >= 15 is 0 Å². The monoisotopic (exact) mass is 462 g/mol. The first-order chi connectivity index (χ1) is 15.0. The fraction of sp³-hybridized carbons (Fsp3) is 0.435. The zero-order valence-corrected chi connectivity index (χ0v) is 19.4. The van der Waals surface area contributed by atoms with E-state index in [0.29, 0.717) is 42.5 Å². The SMILES string of the molecule is CN(c1ccc(F)cc1C(=O)Nc1ccc(Cl)cn1)C1CCN(C(=O)OC(C)(C)C)CC1. The van der Waals surface area contributed by atoms with Gasteiger partial charge in [-0.15, -0.1) is 0 Å². The van der Waals surface area contributed by atoms with Crippen LogP contribution in [0.5, 0.6) is 0 Å². The number of halogens is 2. The van der Waals surface area contributed by atoms with Crippen LogP contribution in [0.3, 0.4) is 0 Å². The van der Waals surface area contributed by atoms with Gasteiger partial charge in [0.2, 0.25) is 0 Å². The molecule has 1 N–H and O–H groups in total. The van der Waals surface area contributed by atoms with Crippen LogP contribution in [0.2, 0.25) is 5.02 Å². The zero-order chi connectivity index (χ0) is 23.5. The molecule has 0 unspecified atom stereocenters. The maximum absolute atomic E-state index is 14.0. The minimum Gasteiger partial charge on any atom is -0.444 e. The maximum atomic E-state index is 14.0. The largest absolute Gasteiger partial charge is 0.444 e. The number of hydrogen-bond acceptors (Lipinski definition) is 5. The Morgan fingerprint density at radius 2 is 1.91 bits per heavy atom. The number of carbonyl (C=O) groups is 2. The summed E-state index contributed by atoms with van der Waals surface area (Å²) < 4.78 is 19.4. The number of likely N-dealkylation sites (tertiary alicyclic amines) is 1. The molecule has 1 aliphatic rings. The van der Waals surface area contributed by atoms with Gasteiger partial charge in [0.15, 0.2) is 0 Å². The minimum atomic E-state index is -0.542. The highest BCUT2D eigenvalue weighted by molar-refractivity contribution is 6.30. The van der Waals surface area contributed by atoms with Crippen LogP contribution in [0.1, 0.15) is 44.0 Å². The number of pyridine rings is 1. The van der Waals surface area contributed by atoms with E-state index in [9.17, 15) is 14.0 Å². The Labute approximate surface area is 192 Å². The van der Waals surface area contributed by atoms with Crippen molar-refractivity contribution in [3.8, 4) is 0 Å². The van der Waals surface area contributed by atoms with Crippen LogP contribution >= 0.6 is 11.6 Å². The van der Waals surface area contributed by atoms with Gasteiger partial charge in [-0.05, 0) is 63.9 Å². The molecule has 7 nitrogen and oxygen atoms in total. The standard InChI is InChI=1S/C23H28ClFN4O3/c1-23(2,3)32-22(31)29-11-9-17(10-12-29)28(4)19-7-6-16(25)13-18(19)21(30)27-20-8-5-15(24)14-26-20/h5-8,13-14,17H,9-12H2,1-4H3,(H,26,27,30). The van der Waals surface area contributed by atoms with E-state index in [2.05, 4.69) is 10.3 Å². The molecule has 32 heavy (non-hydrogen) atoms. The number of amides is 2. The topological polar surface area (TPSA) is 74.8 Å². The summed E-state index contributed by atoms with van der Waals surface area (Å²) in [5.41, 5.74) is 0.271. The second-order valence-corrected chi connectivity index (χ2v) is 9.22. The van der Waals surface area contributed by atoms with Crippen molar-refractivity contribution in [2.75, 3.05) is 30.4 Å². The summed E-state index contributed by atoms with van der Waals surface area (Å²) >= 11 is 5.84. The Kier molecular flexibility index (Phi) is 7.23. The summed E-state index contributed by atoms with van der Waals surface area (Å²) in [7, 11) is 1.87. The van der Waals surface area contributed by atoms with Crippen LogP contribution in [-0.2, 0) is 4.74 Å². The summed E-state index contributed by atoms with van der Waals surface area (Å²) in [6.45, 7) is 6.60. The Balaban J connectivity index is 1.71. The molecule has 3 rings (SSSR count). The van der Waals surface area contributed by atoms with E-state index < -0.39 is 17.3 Å². The van der Waals surface area contributed by atoms with Gasteiger partial charge in [0.05, 0.1) is 10.6 Å². The third-order valence-electron chi connectivity index (χ3n) is 5.22. The molecule has 1 saturated heterocycles. The molecular weight excluding hydrogens is 435 g/mol. The molecule has 0 radical (unpaired) electrons. The number of hydrogen-bond donors (Lipinski definition) is 1. The predicted octanol–water partition coefficient (Wildman–Crippen LogP) is 4.96. The van der Waals surface area contributed by atoms with E-state index in [1.807, 2.05) is 32.7 Å². The number of piperidine rings is 1. The number of carbonyl (C=O) groups excluding carboxylic acids is 2. The Morgan fingerprint density at radius 3 is 2.50 bits per heavy atom. The van der Waals surface area contributed by atoms with Crippen molar-refractivity contribution in [2.24, 2.45) is 0 Å². The zero-order valence-electron chi connectivity index (χ0n) is 18.7. The Bertz CT molecular complexity index is 970. The highest BCUT2D eigenvalue weighted by Crippen LogP contribution is 2.28. The van der Waals surface area contributed by atoms with E-state index in [1.54, 1.807) is 23.1 Å². The quantitative estimate of drug-likeness (QED) is 0.694. The number of aromatic nitrogens is 1. The summed E-state index contributed by atoms with van der Waals surface area (Å²) in [5, 5.41) is 3.13. The molecule has 1 aliphatic heterocycles. The molecule has 0 spiro atoms. The first kappa shape index (κ1) is 23.8. The molecule has 1 aromatic carbocycles. The van der Waals surface area contributed by atoms with Gasteiger partial charge >= 0.3 is 6.09 Å². The lowest BCUT2D eigenvalue weighted by Gasteiger charge is -2.38. The molecule has 0 aliphatic carbocycles. The van der Waals surface area contributed by atoms with E-state index in [1.165, 1.54) is 18.3 Å². The predicted molar refractivity (Wildman–Crippen MR) is 123 cm³/mol. The third-order valence-corrected chi connectivity index (χ3v) is 5.44. The van der Waals surface area contributed by atoms with Crippen LogP contribution in [0.25, 0.3) is 0 Å². The van der Waals surface area contributed by atoms with Crippen LogP contribution in [0, 0.1) is 5.82 Å². The highest BCUT2D eigenvalue weighted by Gasteiger charge is 2.30. The van der Waals surface area contributed by atoms with Gasteiger partial charge in [-0.25, -0.2) is 14.2 Å². The van der Waals surface area contributed by atoms with Gasteiger partial charge in [-0.2, -0.15) is 0 Å². The molecular formula is C23H28ClFN4O3.